The van der Waals surface area contributed by atoms with Crippen LogP contribution in [0.4, 0.5) is 5.69 Å². The molecule has 108 valence electrons. The summed E-state index contributed by atoms with van der Waals surface area (Å²) >= 11 is 0. The number of carbonyl (C=O) groups excluding carboxylic acids is 2. The minimum absolute atomic E-state index is 0.444. The van der Waals surface area contributed by atoms with E-state index in [4.69, 9.17) is 4.74 Å². The molecule has 0 atom stereocenters. The van der Waals surface area contributed by atoms with E-state index in [1.165, 1.54) is 6.20 Å². The largest absolute Gasteiger partial charge is 0.379 e. The van der Waals surface area contributed by atoms with Crippen molar-refractivity contribution in [2.24, 2.45) is 0 Å². The number of rotatable bonds is 4. The molecule has 0 aliphatic carbocycles. The Morgan fingerprint density at radius 2 is 2.10 bits per heavy atom. The minimum atomic E-state index is -0.681. The van der Waals surface area contributed by atoms with E-state index in [1.54, 1.807) is 18.3 Å². The molecule has 1 fully saturated rings. The van der Waals surface area contributed by atoms with Crippen LogP contribution in [0.1, 0.15) is 0 Å². The molecule has 1 aliphatic rings. The number of pyridine rings is 1. The van der Waals surface area contributed by atoms with Gasteiger partial charge in [0.05, 0.1) is 25.1 Å². The van der Waals surface area contributed by atoms with Gasteiger partial charge in [0, 0.05) is 32.4 Å². The van der Waals surface area contributed by atoms with Crippen LogP contribution in [-0.2, 0) is 14.3 Å². The summed E-state index contributed by atoms with van der Waals surface area (Å²) in [6.07, 6.45) is 3.08. The fourth-order valence-corrected chi connectivity index (χ4v) is 1.86. The molecule has 2 rings (SSSR count). The normalized spacial score (nSPS) is 15.6. The van der Waals surface area contributed by atoms with Crippen LogP contribution in [0, 0.1) is 0 Å². The third kappa shape index (κ3) is 4.60. The van der Waals surface area contributed by atoms with Gasteiger partial charge in [0.25, 0.3) is 0 Å². The van der Waals surface area contributed by atoms with Crippen molar-refractivity contribution in [3.63, 3.8) is 0 Å². The van der Waals surface area contributed by atoms with Crippen LogP contribution in [0.3, 0.4) is 0 Å². The molecule has 1 aromatic heterocycles. The summed E-state index contributed by atoms with van der Waals surface area (Å²) in [4.78, 5) is 29.3. The van der Waals surface area contributed by atoms with E-state index in [0.717, 1.165) is 32.8 Å². The number of ether oxygens (including phenoxy) is 1. The number of hydrogen-bond donors (Lipinski definition) is 2. The van der Waals surface area contributed by atoms with E-state index in [9.17, 15) is 9.59 Å². The van der Waals surface area contributed by atoms with Gasteiger partial charge in [0.15, 0.2) is 0 Å². The quantitative estimate of drug-likeness (QED) is 0.723. The molecule has 0 saturated carbocycles. The first-order chi connectivity index (χ1) is 9.75. The predicted octanol–water partition coefficient (Wildman–Crippen LogP) is -0.531. The molecule has 20 heavy (non-hydrogen) atoms. The first-order valence-electron chi connectivity index (χ1n) is 6.55. The molecule has 7 heteroatoms. The molecule has 1 aliphatic heterocycles. The molecule has 2 amide bonds. The van der Waals surface area contributed by atoms with E-state index in [0.29, 0.717) is 12.2 Å². The molecular formula is C13H18N4O3. The standard InChI is InChI=1S/C13H18N4O3/c18-12(13(19)16-11-2-1-3-14-10-11)15-4-5-17-6-8-20-9-7-17/h1-3,10H,4-9H2,(H,15,18)(H,16,19). The highest BCUT2D eigenvalue weighted by Gasteiger charge is 2.14. The fraction of sp³-hybridized carbons (Fsp3) is 0.462. The average molecular weight is 278 g/mol. The summed E-state index contributed by atoms with van der Waals surface area (Å²) < 4.78 is 5.23. The summed E-state index contributed by atoms with van der Waals surface area (Å²) in [6, 6.07) is 3.36. The van der Waals surface area contributed by atoms with Crippen molar-refractivity contribution >= 4 is 17.5 Å². The zero-order chi connectivity index (χ0) is 14.2. The summed E-state index contributed by atoms with van der Waals surface area (Å²) in [5.41, 5.74) is 0.501. The summed E-state index contributed by atoms with van der Waals surface area (Å²) in [5.74, 6) is -1.32. The Labute approximate surface area is 117 Å². The maximum atomic E-state index is 11.6. The first kappa shape index (κ1) is 14.4. The fourth-order valence-electron chi connectivity index (χ4n) is 1.86. The second-order valence-corrected chi connectivity index (χ2v) is 4.41. The van der Waals surface area contributed by atoms with Gasteiger partial charge in [-0.05, 0) is 12.1 Å². The van der Waals surface area contributed by atoms with Crippen LogP contribution in [0.5, 0.6) is 0 Å². The third-order valence-corrected chi connectivity index (χ3v) is 2.94. The highest BCUT2D eigenvalue weighted by molar-refractivity contribution is 6.39. The number of aromatic nitrogens is 1. The lowest BCUT2D eigenvalue weighted by Gasteiger charge is -2.26. The number of nitrogens with one attached hydrogen (secondary N) is 2. The van der Waals surface area contributed by atoms with Crippen molar-refractivity contribution in [3.05, 3.63) is 24.5 Å². The Bertz CT molecular complexity index is 446. The maximum absolute atomic E-state index is 11.6. The molecule has 0 bridgehead atoms. The summed E-state index contributed by atoms with van der Waals surface area (Å²) in [5, 5.41) is 5.08. The third-order valence-electron chi connectivity index (χ3n) is 2.94. The van der Waals surface area contributed by atoms with Crippen molar-refractivity contribution < 1.29 is 14.3 Å². The second kappa shape index (κ2) is 7.56. The zero-order valence-electron chi connectivity index (χ0n) is 11.2. The Hall–Kier alpha value is -1.99. The number of nitrogens with zero attached hydrogens (tertiary/aromatic N) is 2. The van der Waals surface area contributed by atoms with E-state index in [2.05, 4.69) is 20.5 Å². The minimum Gasteiger partial charge on any atom is -0.379 e. The van der Waals surface area contributed by atoms with Gasteiger partial charge < -0.3 is 15.4 Å². The van der Waals surface area contributed by atoms with Gasteiger partial charge in [-0.1, -0.05) is 0 Å². The molecule has 2 heterocycles. The molecule has 0 unspecified atom stereocenters. The molecule has 2 N–H and O–H groups in total. The molecule has 0 radical (unpaired) electrons. The lowest BCUT2D eigenvalue weighted by Crippen LogP contribution is -2.43. The molecule has 1 aromatic rings. The van der Waals surface area contributed by atoms with Crippen LogP contribution in [0.25, 0.3) is 0 Å². The van der Waals surface area contributed by atoms with Gasteiger partial charge in [-0.25, -0.2) is 0 Å². The Morgan fingerprint density at radius 3 is 2.80 bits per heavy atom. The summed E-state index contributed by atoms with van der Waals surface area (Å²) in [6.45, 7) is 4.31. The average Bonchev–Trinajstić information content (AvgIpc) is 2.49. The van der Waals surface area contributed by atoms with Crippen molar-refractivity contribution in [2.75, 3.05) is 44.7 Å². The SMILES string of the molecule is O=C(NCCN1CCOCC1)C(=O)Nc1cccnc1. The monoisotopic (exact) mass is 278 g/mol. The van der Waals surface area contributed by atoms with Crippen LogP contribution >= 0.6 is 0 Å². The number of amides is 2. The lowest BCUT2D eigenvalue weighted by atomic mass is 10.4. The van der Waals surface area contributed by atoms with Gasteiger partial charge in [-0.15, -0.1) is 0 Å². The molecule has 1 saturated heterocycles. The van der Waals surface area contributed by atoms with Crippen LogP contribution in [0.2, 0.25) is 0 Å². The van der Waals surface area contributed by atoms with Crippen molar-refractivity contribution in [1.29, 1.82) is 0 Å². The Kier molecular flexibility index (Phi) is 5.45. The highest BCUT2D eigenvalue weighted by Crippen LogP contribution is 2.01. The molecule has 0 spiro atoms. The lowest BCUT2D eigenvalue weighted by molar-refractivity contribution is -0.136. The second-order valence-electron chi connectivity index (χ2n) is 4.41. The molecule has 0 aromatic carbocycles. The maximum Gasteiger partial charge on any atom is 0.313 e. The van der Waals surface area contributed by atoms with Gasteiger partial charge in [-0.3, -0.25) is 19.5 Å². The van der Waals surface area contributed by atoms with Crippen LogP contribution in [-0.4, -0.2) is 61.1 Å². The smallest absolute Gasteiger partial charge is 0.313 e. The summed E-state index contributed by atoms with van der Waals surface area (Å²) in [7, 11) is 0. The van der Waals surface area contributed by atoms with Crippen molar-refractivity contribution in [1.82, 2.24) is 15.2 Å². The number of carbonyl (C=O) groups is 2. The van der Waals surface area contributed by atoms with Gasteiger partial charge >= 0.3 is 11.8 Å². The highest BCUT2D eigenvalue weighted by atomic mass is 16.5. The van der Waals surface area contributed by atoms with Crippen molar-refractivity contribution in [2.45, 2.75) is 0 Å². The van der Waals surface area contributed by atoms with Crippen LogP contribution < -0.4 is 10.6 Å². The Morgan fingerprint density at radius 1 is 1.30 bits per heavy atom. The van der Waals surface area contributed by atoms with Gasteiger partial charge in [-0.2, -0.15) is 0 Å². The van der Waals surface area contributed by atoms with Gasteiger partial charge in [0.2, 0.25) is 0 Å². The number of hydrogen-bond acceptors (Lipinski definition) is 5. The van der Waals surface area contributed by atoms with E-state index >= 15 is 0 Å². The predicted molar refractivity (Wildman–Crippen MR) is 73.1 cm³/mol. The topological polar surface area (TPSA) is 83.6 Å². The van der Waals surface area contributed by atoms with E-state index in [1.807, 2.05) is 0 Å². The van der Waals surface area contributed by atoms with E-state index in [-0.39, 0.29) is 0 Å². The number of morpholine rings is 1. The first-order valence-corrected chi connectivity index (χ1v) is 6.55. The Balaban J connectivity index is 1.67. The van der Waals surface area contributed by atoms with Gasteiger partial charge in [0.1, 0.15) is 0 Å². The molecule has 7 nitrogen and oxygen atoms in total. The number of anilines is 1. The zero-order valence-corrected chi connectivity index (χ0v) is 11.2. The van der Waals surface area contributed by atoms with Crippen molar-refractivity contribution in [3.8, 4) is 0 Å². The van der Waals surface area contributed by atoms with E-state index < -0.39 is 11.8 Å². The molecular weight excluding hydrogens is 260 g/mol. The van der Waals surface area contributed by atoms with Crippen LogP contribution in [0.15, 0.2) is 24.5 Å².